The van der Waals surface area contributed by atoms with Crippen LogP contribution in [-0.2, 0) is 11.8 Å². The number of nitrogens with two attached hydrogens (primary N) is 1. The lowest BCUT2D eigenvalue weighted by molar-refractivity contribution is 0.0482. The standard InChI is InChI=1S/C9H14FN3O2/c1-6-7(11)8(13(2)12-6)9(14)15-5-3-4-10/h3-5,11H2,1-2H3. The Morgan fingerprint density at radius 1 is 1.67 bits per heavy atom. The van der Waals surface area contributed by atoms with Crippen LogP contribution >= 0.6 is 0 Å². The fourth-order valence-corrected chi connectivity index (χ4v) is 1.20. The van der Waals surface area contributed by atoms with Gasteiger partial charge in [-0.1, -0.05) is 0 Å². The van der Waals surface area contributed by atoms with E-state index in [1.165, 1.54) is 4.68 Å². The Kier molecular flexibility index (Phi) is 3.65. The van der Waals surface area contributed by atoms with Gasteiger partial charge in [0.25, 0.3) is 0 Å². The van der Waals surface area contributed by atoms with Gasteiger partial charge in [-0.05, 0) is 6.92 Å². The number of anilines is 1. The average molecular weight is 215 g/mol. The van der Waals surface area contributed by atoms with E-state index in [0.717, 1.165) is 0 Å². The molecule has 0 bridgehead atoms. The molecule has 0 aliphatic heterocycles. The highest BCUT2D eigenvalue weighted by Crippen LogP contribution is 2.16. The van der Waals surface area contributed by atoms with Gasteiger partial charge in [0.1, 0.15) is 0 Å². The molecule has 0 saturated heterocycles. The lowest BCUT2D eigenvalue weighted by Crippen LogP contribution is -2.13. The largest absolute Gasteiger partial charge is 0.461 e. The van der Waals surface area contributed by atoms with Gasteiger partial charge in [-0.2, -0.15) is 5.10 Å². The molecule has 0 amide bonds. The molecule has 0 aromatic carbocycles. The van der Waals surface area contributed by atoms with E-state index >= 15 is 0 Å². The van der Waals surface area contributed by atoms with Crippen LogP contribution in [0.1, 0.15) is 22.6 Å². The summed E-state index contributed by atoms with van der Waals surface area (Å²) in [5, 5.41) is 3.98. The van der Waals surface area contributed by atoms with Gasteiger partial charge in [-0.15, -0.1) is 0 Å². The smallest absolute Gasteiger partial charge is 0.358 e. The van der Waals surface area contributed by atoms with Crippen LogP contribution in [0.3, 0.4) is 0 Å². The maximum atomic E-state index is 11.8. The summed E-state index contributed by atoms with van der Waals surface area (Å²) in [4.78, 5) is 11.5. The van der Waals surface area contributed by atoms with Crippen molar-refractivity contribution in [3.63, 3.8) is 0 Å². The molecule has 84 valence electrons. The maximum absolute atomic E-state index is 11.8. The predicted molar refractivity (Wildman–Crippen MR) is 53.2 cm³/mol. The molecular formula is C9H14FN3O2. The number of hydrogen-bond donors (Lipinski definition) is 1. The van der Waals surface area contributed by atoms with Gasteiger partial charge in [0.15, 0.2) is 5.69 Å². The molecule has 0 saturated carbocycles. The predicted octanol–water partition coefficient (Wildman–Crippen LogP) is 0.827. The number of rotatable bonds is 4. The van der Waals surface area contributed by atoms with Crippen molar-refractivity contribution in [2.24, 2.45) is 7.05 Å². The van der Waals surface area contributed by atoms with Crippen LogP contribution in [0.4, 0.5) is 10.1 Å². The number of carbonyl (C=O) groups excluding carboxylic acids is 1. The van der Waals surface area contributed by atoms with Gasteiger partial charge in [0, 0.05) is 13.5 Å². The first-order valence-electron chi connectivity index (χ1n) is 4.60. The minimum absolute atomic E-state index is 0.0546. The number of nitrogens with zero attached hydrogens (tertiary/aromatic N) is 2. The molecule has 1 rings (SSSR count). The molecule has 0 spiro atoms. The van der Waals surface area contributed by atoms with Crippen molar-refractivity contribution >= 4 is 11.7 Å². The summed E-state index contributed by atoms with van der Waals surface area (Å²) in [6.07, 6.45) is 0.197. The third kappa shape index (κ3) is 2.45. The summed E-state index contributed by atoms with van der Waals surface area (Å²) in [6.45, 7) is 1.25. The van der Waals surface area contributed by atoms with Crippen LogP contribution in [0.5, 0.6) is 0 Å². The van der Waals surface area contributed by atoms with Crippen molar-refractivity contribution in [2.75, 3.05) is 19.0 Å². The van der Waals surface area contributed by atoms with Crippen molar-refractivity contribution in [2.45, 2.75) is 13.3 Å². The van der Waals surface area contributed by atoms with E-state index in [4.69, 9.17) is 10.5 Å². The number of esters is 1. The Morgan fingerprint density at radius 3 is 2.80 bits per heavy atom. The van der Waals surface area contributed by atoms with Gasteiger partial charge < -0.3 is 10.5 Å². The molecule has 6 heteroatoms. The Morgan fingerprint density at radius 2 is 2.33 bits per heavy atom. The fraction of sp³-hybridized carbons (Fsp3) is 0.556. The molecule has 1 aromatic rings. The third-order valence-electron chi connectivity index (χ3n) is 1.97. The fourth-order valence-electron chi connectivity index (χ4n) is 1.20. The molecule has 0 fully saturated rings. The van der Waals surface area contributed by atoms with Gasteiger partial charge >= 0.3 is 5.97 Å². The molecular weight excluding hydrogens is 201 g/mol. The second kappa shape index (κ2) is 4.77. The summed E-state index contributed by atoms with van der Waals surface area (Å²) < 4.78 is 18.0. The molecule has 0 aliphatic rings. The topological polar surface area (TPSA) is 70.1 Å². The van der Waals surface area contributed by atoms with Crippen molar-refractivity contribution in [1.29, 1.82) is 0 Å². The normalized spacial score (nSPS) is 10.3. The molecule has 0 unspecified atom stereocenters. The van der Waals surface area contributed by atoms with Crippen LogP contribution in [-0.4, -0.2) is 29.0 Å². The Balaban J connectivity index is 2.73. The monoisotopic (exact) mass is 215 g/mol. The Labute approximate surface area is 87.0 Å². The minimum atomic E-state index is -0.566. The summed E-state index contributed by atoms with van der Waals surface area (Å²) in [5.74, 6) is -0.566. The summed E-state index contributed by atoms with van der Waals surface area (Å²) in [6, 6.07) is 0. The number of nitrogen functional groups attached to an aromatic ring is 1. The van der Waals surface area contributed by atoms with Gasteiger partial charge in [-0.3, -0.25) is 9.07 Å². The van der Waals surface area contributed by atoms with Crippen LogP contribution in [0, 0.1) is 6.92 Å². The van der Waals surface area contributed by atoms with Gasteiger partial charge in [-0.25, -0.2) is 4.79 Å². The first-order chi connectivity index (χ1) is 7.07. The second-order valence-corrected chi connectivity index (χ2v) is 3.15. The number of aryl methyl sites for hydroxylation is 2. The van der Waals surface area contributed by atoms with E-state index in [1.807, 2.05) is 0 Å². The highest BCUT2D eigenvalue weighted by Gasteiger charge is 2.18. The third-order valence-corrected chi connectivity index (χ3v) is 1.97. The molecule has 0 aliphatic carbocycles. The summed E-state index contributed by atoms with van der Waals surface area (Å²) in [5.41, 5.74) is 6.75. The first kappa shape index (κ1) is 11.5. The van der Waals surface area contributed by atoms with Crippen molar-refractivity contribution in [3.05, 3.63) is 11.4 Å². The lowest BCUT2D eigenvalue weighted by Gasteiger charge is -2.04. The van der Waals surface area contributed by atoms with Crippen molar-refractivity contribution < 1.29 is 13.9 Å². The minimum Gasteiger partial charge on any atom is -0.461 e. The Hall–Kier alpha value is -1.59. The van der Waals surface area contributed by atoms with Crippen molar-refractivity contribution in [3.8, 4) is 0 Å². The number of hydrogen-bond acceptors (Lipinski definition) is 4. The zero-order chi connectivity index (χ0) is 11.4. The zero-order valence-corrected chi connectivity index (χ0v) is 8.79. The van der Waals surface area contributed by atoms with Crippen LogP contribution in [0.15, 0.2) is 0 Å². The number of carbonyl (C=O) groups is 1. The Bertz CT molecular complexity index is 362. The van der Waals surface area contributed by atoms with E-state index in [9.17, 15) is 9.18 Å². The van der Waals surface area contributed by atoms with Crippen LogP contribution in [0.25, 0.3) is 0 Å². The van der Waals surface area contributed by atoms with E-state index in [-0.39, 0.29) is 18.7 Å². The number of ether oxygens (including phenoxy) is 1. The van der Waals surface area contributed by atoms with Gasteiger partial charge in [0.2, 0.25) is 0 Å². The first-order valence-corrected chi connectivity index (χ1v) is 4.60. The van der Waals surface area contributed by atoms with Crippen molar-refractivity contribution in [1.82, 2.24) is 9.78 Å². The molecule has 0 atom stereocenters. The highest BCUT2D eigenvalue weighted by atomic mass is 19.1. The number of aromatic nitrogens is 2. The molecule has 1 heterocycles. The molecule has 5 nitrogen and oxygen atoms in total. The van der Waals surface area contributed by atoms with Crippen LogP contribution in [0.2, 0.25) is 0 Å². The molecule has 0 radical (unpaired) electrons. The lowest BCUT2D eigenvalue weighted by atomic mass is 10.3. The SMILES string of the molecule is Cc1nn(C)c(C(=O)OCCCF)c1N. The number of alkyl halides is 1. The number of halogens is 1. The highest BCUT2D eigenvalue weighted by molar-refractivity contribution is 5.93. The average Bonchev–Trinajstić information content (AvgIpc) is 2.41. The summed E-state index contributed by atoms with van der Waals surface area (Å²) in [7, 11) is 1.61. The summed E-state index contributed by atoms with van der Waals surface area (Å²) >= 11 is 0. The van der Waals surface area contributed by atoms with E-state index < -0.39 is 12.6 Å². The molecule has 15 heavy (non-hydrogen) atoms. The van der Waals surface area contributed by atoms with Crippen LogP contribution < -0.4 is 5.73 Å². The molecule has 1 aromatic heterocycles. The van der Waals surface area contributed by atoms with E-state index in [0.29, 0.717) is 11.4 Å². The molecule has 2 N–H and O–H groups in total. The zero-order valence-electron chi connectivity index (χ0n) is 8.79. The quantitative estimate of drug-likeness (QED) is 0.596. The maximum Gasteiger partial charge on any atom is 0.358 e. The second-order valence-electron chi connectivity index (χ2n) is 3.15. The van der Waals surface area contributed by atoms with E-state index in [2.05, 4.69) is 5.10 Å². The van der Waals surface area contributed by atoms with E-state index in [1.54, 1.807) is 14.0 Å². The van der Waals surface area contributed by atoms with Gasteiger partial charge in [0.05, 0.1) is 24.7 Å².